The van der Waals surface area contributed by atoms with Crippen LogP contribution < -0.4 is 5.32 Å². The molecule has 0 saturated carbocycles. The van der Waals surface area contributed by atoms with Gasteiger partial charge in [0.15, 0.2) is 5.96 Å². The van der Waals surface area contributed by atoms with Gasteiger partial charge in [-0.2, -0.15) is 0 Å². The minimum absolute atomic E-state index is 0. The number of piperazine rings is 1. The van der Waals surface area contributed by atoms with E-state index in [2.05, 4.69) is 17.1 Å². The number of aliphatic imine (C=N–C) groups is 1. The van der Waals surface area contributed by atoms with Crippen LogP contribution in [0.4, 0.5) is 0 Å². The van der Waals surface area contributed by atoms with Crippen LogP contribution in [0.1, 0.15) is 31.7 Å². The molecule has 0 aromatic heterocycles. The first-order valence-electron chi connectivity index (χ1n) is 10.4. The van der Waals surface area contributed by atoms with E-state index in [4.69, 9.17) is 9.73 Å². The van der Waals surface area contributed by atoms with Crippen molar-refractivity contribution in [3.63, 3.8) is 0 Å². The number of hydrogen-bond donors (Lipinski definition) is 2. The Hall–Kier alpha value is -1.55. The van der Waals surface area contributed by atoms with E-state index in [1.807, 2.05) is 17.0 Å². The molecule has 7 nitrogen and oxygen atoms in total. The van der Waals surface area contributed by atoms with Crippen LogP contribution in [0.3, 0.4) is 0 Å². The van der Waals surface area contributed by atoms with Gasteiger partial charge < -0.3 is 25.0 Å². The molecule has 1 aromatic rings. The summed E-state index contributed by atoms with van der Waals surface area (Å²) in [6.45, 7) is 7.38. The molecule has 1 unspecified atom stereocenters. The van der Waals surface area contributed by atoms with E-state index in [1.165, 1.54) is 5.56 Å². The fourth-order valence-electron chi connectivity index (χ4n) is 3.67. The summed E-state index contributed by atoms with van der Waals surface area (Å²) in [5.41, 5.74) is 1.21. The molecular formula is C21H33IN4O3. The molecule has 29 heavy (non-hydrogen) atoms. The Kier molecular flexibility index (Phi) is 9.99. The molecule has 3 rings (SSSR count). The number of aryl methyl sites for hydroxylation is 1. The average Bonchev–Trinajstić information content (AvgIpc) is 3.26. The lowest BCUT2D eigenvalue weighted by Crippen LogP contribution is -2.55. The number of aromatic hydroxyl groups is 1. The Labute approximate surface area is 190 Å². The molecule has 0 radical (unpaired) electrons. The number of amides is 1. The van der Waals surface area contributed by atoms with Crippen LogP contribution in [0, 0.1) is 0 Å². The number of benzene rings is 1. The van der Waals surface area contributed by atoms with Crippen molar-refractivity contribution in [2.45, 2.75) is 38.7 Å². The molecule has 2 heterocycles. The summed E-state index contributed by atoms with van der Waals surface area (Å²) in [6, 6.07) is 7.35. The third-order valence-corrected chi connectivity index (χ3v) is 5.25. The highest BCUT2D eigenvalue weighted by molar-refractivity contribution is 14.0. The van der Waals surface area contributed by atoms with E-state index in [0.717, 1.165) is 70.9 Å². The summed E-state index contributed by atoms with van der Waals surface area (Å²) in [4.78, 5) is 21.4. The van der Waals surface area contributed by atoms with E-state index in [1.54, 1.807) is 12.1 Å². The first-order valence-corrected chi connectivity index (χ1v) is 10.4. The average molecular weight is 516 g/mol. The van der Waals surface area contributed by atoms with Gasteiger partial charge in [-0.1, -0.05) is 12.1 Å². The number of phenols is 1. The highest BCUT2D eigenvalue weighted by atomic mass is 127. The topological polar surface area (TPSA) is 77.4 Å². The van der Waals surface area contributed by atoms with Gasteiger partial charge in [0.05, 0.1) is 0 Å². The highest BCUT2D eigenvalue weighted by Gasteiger charge is 2.30. The van der Waals surface area contributed by atoms with Gasteiger partial charge in [0, 0.05) is 45.9 Å². The lowest BCUT2D eigenvalue weighted by Gasteiger charge is -2.37. The van der Waals surface area contributed by atoms with E-state index in [0.29, 0.717) is 12.4 Å². The molecule has 8 heteroatoms. The van der Waals surface area contributed by atoms with E-state index in [9.17, 15) is 9.90 Å². The van der Waals surface area contributed by atoms with Crippen LogP contribution in [-0.4, -0.2) is 78.8 Å². The van der Waals surface area contributed by atoms with Gasteiger partial charge in [0.2, 0.25) is 0 Å². The number of carbonyl (C=O) groups excluding carboxylic acids is 1. The van der Waals surface area contributed by atoms with Crippen molar-refractivity contribution in [3.05, 3.63) is 29.8 Å². The number of nitrogens with one attached hydrogen (secondary N) is 1. The van der Waals surface area contributed by atoms with Crippen LogP contribution >= 0.6 is 24.0 Å². The van der Waals surface area contributed by atoms with Crippen molar-refractivity contribution >= 4 is 35.8 Å². The molecule has 2 saturated heterocycles. The molecule has 1 atom stereocenters. The monoisotopic (exact) mass is 516 g/mol. The number of guanidine groups is 1. The van der Waals surface area contributed by atoms with E-state index in [-0.39, 0.29) is 36.0 Å². The molecule has 162 valence electrons. The van der Waals surface area contributed by atoms with Gasteiger partial charge >= 0.3 is 0 Å². The molecule has 0 bridgehead atoms. The maximum atomic E-state index is 12.5. The quantitative estimate of drug-likeness (QED) is 0.263. The lowest BCUT2D eigenvalue weighted by atomic mass is 10.1. The summed E-state index contributed by atoms with van der Waals surface area (Å²) in [6.07, 6.45) is 3.50. The lowest BCUT2D eigenvalue weighted by molar-refractivity contribution is -0.142. The van der Waals surface area contributed by atoms with Crippen LogP contribution in [-0.2, 0) is 16.0 Å². The first-order chi connectivity index (χ1) is 13.7. The molecule has 1 aromatic carbocycles. The molecular weight excluding hydrogens is 483 g/mol. The standard InChI is InChI=1S/C21H32N4O3.HI/c1-2-22-21(23-11-3-5-17-7-9-18(26)10-8-17)25-14-12-24(13-15-25)20(27)19-6-4-16-28-19;/h7-10,19,26H,2-6,11-16H2,1H3,(H,22,23);1H. The number of carbonyl (C=O) groups is 1. The molecule has 0 spiro atoms. The van der Waals surface area contributed by atoms with Crippen molar-refractivity contribution in [1.82, 2.24) is 15.1 Å². The molecule has 2 N–H and O–H groups in total. The second kappa shape index (κ2) is 12.2. The maximum absolute atomic E-state index is 12.5. The fourth-order valence-corrected chi connectivity index (χ4v) is 3.67. The highest BCUT2D eigenvalue weighted by Crippen LogP contribution is 2.16. The Morgan fingerprint density at radius 3 is 2.52 bits per heavy atom. The van der Waals surface area contributed by atoms with Crippen molar-refractivity contribution < 1.29 is 14.6 Å². The normalized spacial score (nSPS) is 19.8. The van der Waals surface area contributed by atoms with Crippen molar-refractivity contribution in [1.29, 1.82) is 0 Å². The zero-order chi connectivity index (χ0) is 19.8. The number of hydrogen-bond acceptors (Lipinski definition) is 4. The SMILES string of the molecule is CCNC(=NCCCc1ccc(O)cc1)N1CCN(C(=O)C2CCCO2)CC1.I. The number of phenolic OH excluding ortho intramolecular Hbond substituents is 1. The predicted octanol–water partition coefficient (Wildman–Crippen LogP) is 2.23. The minimum Gasteiger partial charge on any atom is -0.508 e. The molecule has 0 aliphatic carbocycles. The van der Waals surface area contributed by atoms with Crippen molar-refractivity contribution in [2.24, 2.45) is 4.99 Å². The van der Waals surface area contributed by atoms with Gasteiger partial charge in [-0.15, -0.1) is 24.0 Å². The summed E-state index contributed by atoms with van der Waals surface area (Å²) < 4.78 is 5.53. The molecule has 1 amide bonds. The number of rotatable bonds is 6. The summed E-state index contributed by atoms with van der Waals surface area (Å²) in [5.74, 6) is 1.37. The summed E-state index contributed by atoms with van der Waals surface area (Å²) in [7, 11) is 0. The third-order valence-electron chi connectivity index (χ3n) is 5.25. The molecule has 2 aliphatic rings. The summed E-state index contributed by atoms with van der Waals surface area (Å²) >= 11 is 0. The van der Waals surface area contributed by atoms with Gasteiger partial charge in [0.25, 0.3) is 5.91 Å². The van der Waals surface area contributed by atoms with Crippen molar-refractivity contribution in [3.8, 4) is 5.75 Å². The summed E-state index contributed by atoms with van der Waals surface area (Å²) in [5, 5.41) is 12.7. The number of halogens is 1. The second-order valence-corrected chi connectivity index (χ2v) is 7.32. The Morgan fingerprint density at radius 2 is 1.90 bits per heavy atom. The Bertz CT molecular complexity index is 654. The number of nitrogens with zero attached hydrogens (tertiary/aromatic N) is 3. The van der Waals surface area contributed by atoms with Gasteiger partial charge in [-0.25, -0.2) is 0 Å². The predicted molar refractivity (Wildman–Crippen MR) is 125 cm³/mol. The Morgan fingerprint density at radius 1 is 1.21 bits per heavy atom. The zero-order valence-corrected chi connectivity index (χ0v) is 19.5. The maximum Gasteiger partial charge on any atom is 0.251 e. The van der Waals surface area contributed by atoms with E-state index >= 15 is 0 Å². The first kappa shape index (κ1) is 23.7. The van der Waals surface area contributed by atoms with Gasteiger partial charge in [-0.05, 0) is 50.3 Å². The third kappa shape index (κ3) is 7.02. The number of ether oxygens (including phenoxy) is 1. The fraction of sp³-hybridized carbons (Fsp3) is 0.619. The van der Waals surface area contributed by atoms with Crippen LogP contribution in [0.25, 0.3) is 0 Å². The molecule has 2 fully saturated rings. The van der Waals surface area contributed by atoms with Crippen LogP contribution in [0.15, 0.2) is 29.3 Å². The molecule has 2 aliphatic heterocycles. The minimum atomic E-state index is -0.228. The largest absolute Gasteiger partial charge is 0.508 e. The van der Waals surface area contributed by atoms with Gasteiger partial charge in [-0.3, -0.25) is 9.79 Å². The van der Waals surface area contributed by atoms with Crippen molar-refractivity contribution in [2.75, 3.05) is 45.9 Å². The zero-order valence-electron chi connectivity index (χ0n) is 17.2. The smallest absolute Gasteiger partial charge is 0.251 e. The second-order valence-electron chi connectivity index (χ2n) is 7.32. The van der Waals surface area contributed by atoms with E-state index < -0.39 is 0 Å². The van der Waals surface area contributed by atoms with Crippen LogP contribution in [0.2, 0.25) is 0 Å². The van der Waals surface area contributed by atoms with Gasteiger partial charge in [0.1, 0.15) is 11.9 Å². The Balaban J connectivity index is 0.00000300. The van der Waals surface area contributed by atoms with Crippen LogP contribution in [0.5, 0.6) is 5.75 Å².